The van der Waals surface area contributed by atoms with Crippen LogP contribution in [0.2, 0.25) is 5.02 Å². The largest absolute Gasteiger partial charge is 0.383 e. The summed E-state index contributed by atoms with van der Waals surface area (Å²) in [6.07, 6.45) is 0. The standard InChI is InChI=1S/C9H8ClN3O3S/c10-6-2-1-3-7(4-6)17(15,16)13-8(11)5-9(14)12-13/h1-5H,11H2,(H,12,14). The Balaban J connectivity index is 2.66. The first kappa shape index (κ1) is 11.7. The Labute approximate surface area is 102 Å². The van der Waals surface area contributed by atoms with Crippen molar-refractivity contribution in [3.05, 3.63) is 45.7 Å². The summed E-state index contributed by atoms with van der Waals surface area (Å²) in [5.74, 6) is -0.185. The van der Waals surface area contributed by atoms with E-state index in [0.29, 0.717) is 4.09 Å². The highest BCUT2D eigenvalue weighted by Gasteiger charge is 2.20. The van der Waals surface area contributed by atoms with Crippen LogP contribution in [0.25, 0.3) is 0 Å². The van der Waals surface area contributed by atoms with Crippen molar-refractivity contribution >= 4 is 27.4 Å². The van der Waals surface area contributed by atoms with Gasteiger partial charge in [-0.1, -0.05) is 17.7 Å². The number of H-pyrrole nitrogens is 1. The predicted molar refractivity (Wildman–Crippen MR) is 63.5 cm³/mol. The lowest BCUT2D eigenvalue weighted by Crippen LogP contribution is -2.18. The summed E-state index contributed by atoms with van der Waals surface area (Å²) in [7, 11) is -3.92. The van der Waals surface area contributed by atoms with Gasteiger partial charge in [0.1, 0.15) is 5.82 Å². The fourth-order valence-electron chi connectivity index (χ4n) is 1.32. The number of aromatic nitrogens is 2. The fraction of sp³-hybridized carbons (Fsp3) is 0. The number of hydrogen-bond donors (Lipinski definition) is 2. The predicted octanol–water partition coefficient (Wildman–Crippen LogP) is 0.649. The van der Waals surface area contributed by atoms with Gasteiger partial charge in [0.25, 0.3) is 15.6 Å². The average Bonchev–Trinajstić information content (AvgIpc) is 2.58. The van der Waals surface area contributed by atoms with Crippen LogP contribution in [0.4, 0.5) is 5.82 Å². The normalized spacial score (nSPS) is 11.6. The highest BCUT2D eigenvalue weighted by atomic mass is 35.5. The maximum atomic E-state index is 12.1. The Bertz CT molecular complexity index is 717. The molecule has 1 aromatic heterocycles. The SMILES string of the molecule is Nc1cc(=O)[nH]n1S(=O)(=O)c1cccc(Cl)c1. The number of anilines is 1. The van der Waals surface area contributed by atoms with Gasteiger partial charge < -0.3 is 5.73 Å². The van der Waals surface area contributed by atoms with Gasteiger partial charge in [-0.3, -0.25) is 4.79 Å². The lowest BCUT2D eigenvalue weighted by atomic mass is 10.4. The van der Waals surface area contributed by atoms with Gasteiger partial charge in [0.2, 0.25) is 0 Å². The molecule has 2 aromatic rings. The Morgan fingerprint density at radius 3 is 2.53 bits per heavy atom. The summed E-state index contributed by atoms with van der Waals surface area (Å²) >= 11 is 5.71. The summed E-state index contributed by atoms with van der Waals surface area (Å²) in [5.41, 5.74) is 4.83. The minimum Gasteiger partial charge on any atom is -0.383 e. The van der Waals surface area contributed by atoms with Crippen LogP contribution in [0.15, 0.2) is 40.0 Å². The van der Waals surface area contributed by atoms with E-state index in [-0.39, 0.29) is 15.7 Å². The zero-order valence-electron chi connectivity index (χ0n) is 8.42. The first-order chi connectivity index (χ1) is 7.91. The molecule has 0 aliphatic carbocycles. The zero-order valence-corrected chi connectivity index (χ0v) is 9.99. The van der Waals surface area contributed by atoms with Gasteiger partial charge in [-0.25, -0.2) is 5.10 Å². The molecule has 0 aliphatic heterocycles. The third-order valence-corrected chi connectivity index (χ3v) is 3.93. The molecule has 1 heterocycles. The Hall–Kier alpha value is -1.73. The zero-order chi connectivity index (χ0) is 12.6. The summed E-state index contributed by atoms with van der Waals surface area (Å²) in [5, 5.41) is 2.38. The van der Waals surface area contributed by atoms with Crippen molar-refractivity contribution in [3.63, 3.8) is 0 Å². The quantitative estimate of drug-likeness (QED) is 0.839. The lowest BCUT2D eigenvalue weighted by Gasteiger charge is -2.06. The van der Waals surface area contributed by atoms with Gasteiger partial charge in [0.15, 0.2) is 0 Å². The molecule has 2 rings (SSSR count). The van der Waals surface area contributed by atoms with E-state index >= 15 is 0 Å². The second-order valence-electron chi connectivity index (χ2n) is 3.27. The molecular weight excluding hydrogens is 266 g/mol. The molecule has 8 heteroatoms. The van der Waals surface area contributed by atoms with E-state index in [1.54, 1.807) is 6.07 Å². The number of hydrogen-bond acceptors (Lipinski definition) is 4. The number of nitrogen functional groups attached to an aromatic ring is 1. The van der Waals surface area contributed by atoms with Crippen molar-refractivity contribution in [3.8, 4) is 0 Å². The molecular formula is C9H8ClN3O3S. The van der Waals surface area contributed by atoms with Gasteiger partial charge in [0, 0.05) is 11.1 Å². The molecule has 0 radical (unpaired) electrons. The van der Waals surface area contributed by atoms with Crippen LogP contribution >= 0.6 is 11.6 Å². The molecule has 17 heavy (non-hydrogen) atoms. The van der Waals surface area contributed by atoms with Gasteiger partial charge in [-0.15, -0.1) is 0 Å². The van der Waals surface area contributed by atoms with Crippen LogP contribution in [-0.2, 0) is 10.0 Å². The summed E-state index contributed by atoms with van der Waals surface area (Å²) < 4.78 is 24.8. The fourth-order valence-corrected chi connectivity index (χ4v) is 2.85. The molecule has 6 nitrogen and oxygen atoms in total. The maximum absolute atomic E-state index is 12.1. The Morgan fingerprint density at radius 1 is 1.29 bits per heavy atom. The van der Waals surface area contributed by atoms with Crippen molar-refractivity contribution < 1.29 is 8.42 Å². The highest BCUT2D eigenvalue weighted by molar-refractivity contribution is 7.90. The van der Waals surface area contributed by atoms with Crippen molar-refractivity contribution in [1.82, 2.24) is 9.19 Å². The monoisotopic (exact) mass is 273 g/mol. The molecule has 0 spiro atoms. The number of nitrogens with two attached hydrogens (primary N) is 1. The van der Waals surface area contributed by atoms with Crippen LogP contribution < -0.4 is 11.3 Å². The van der Waals surface area contributed by atoms with Crippen LogP contribution in [-0.4, -0.2) is 17.6 Å². The van der Waals surface area contributed by atoms with E-state index in [4.69, 9.17) is 17.3 Å². The first-order valence-electron chi connectivity index (χ1n) is 4.50. The van der Waals surface area contributed by atoms with Crippen LogP contribution in [0.3, 0.4) is 0 Å². The lowest BCUT2D eigenvalue weighted by molar-refractivity contribution is 0.580. The number of benzene rings is 1. The molecule has 0 unspecified atom stereocenters. The maximum Gasteiger partial charge on any atom is 0.283 e. The molecule has 0 atom stereocenters. The molecule has 0 bridgehead atoms. The highest BCUT2D eigenvalue weighted by Crippen LogP contribution is 2.18. The van der Waals surface area contributed by atoms with Crippen molar-refractivity contribution in [1.29, 1.82) is 0 Å². The van der Waals surface area contributed by atoms with E-state index < -0.39 is 15.6 Å². The van der Waals surface area contributed by atoms with Gasteiger partial charge in [0.05, 0.1) is 4.90 Å². The van der Waals surface area contributed by atoms with Gasteiger partial charge in [-0.2, -0.15) is 12.5 Å². The summed E-state index contributed by atoms with van der Waals surface area (Å²) in [4.78, 5) is 11.0. The molecule has 90 valence electrons. The summed E-state index contributed by atoms with van der Waals surface area (Å²) in [6, 6.07) is 6.66. The summed E-state index contributed by atoms with van der Waals surface area (Å²) in [6.45, 7) is 0. The van der Waals surface area contributed by atoms with Crippen molar-refractivity contribution in [2.45, 2.75) is 4.90 Å². The molecule has 0 fully saturated rings. The minimum absolute atomic E-state index is 0.0523. The van der Waals surface area contributed by atoms with E-state index in [0.717, 1.165) is 6.07 Å². The second-order valence-corrected chi connectivity index (χ2v) is 5.50. The van der Waals surface area contributed by atoms with E-state index in [1.165, 1.54) is 18.2 Å². The molecule has 0 saturated carbocycles. The molecule has 0 saturated heterocycles. The van der Waals surface area contributed by atoms with Crippen LogP contribution in [0, 0.1) is 0 Å². The number of nitrogens with one attached hydrogen (secondary N) is 1. The van der Waals surface area contributed by atoms with Crippen molar-refractivity contribution in [2.75, 3.05) is 5.73 Å². The second kappa shape index (κ2) is 3.94. The molecule has 0 amide bonds. The van der Waals surface area contributed by atoms with Crippen LogP contribution in [0.1, 0.15) is 0 Å². The third kappa shape index (κ3) is 2.06. The number of nitrogens with zero attached hydrogens (tertiary/aromatic N) is 1. The number of halogens is 1. The van der Waals surface area contributed by atoms with E-state index in [1.807, 2.05) is 0 Å². The third-order valence-electron chi connectivity index (χ3n) is 2.06. The van der Waals surface area contributed by atoms with Gasteiger partial charge in [-0.05, 0) is 18.2 Å². The molecule has 3 N–H and O–H groups in total. The average molecular weight is 274 g/mol. The Morgan fingerprint density at radius 2 is 2.00 bits per heavy atom. The number of rotatable bonds is 2. The van der Waals surface area contributed by atoms with E-state index in [9.17, 15) is 13.2 Å². The smallest absolute Gasteiger partial charge is 0.283 e. The van der Waals surface area contributed by atoms with Gasteiger partial charge >= 0.3 is 0 Å². The minimum atomic E-state index is -3.92. The number of aromatic amines is 1. The van der Waals surface area contributed by atoms with Crippen LogP contribution in [0.5, 0.6) is 0 Å². The topological polar surface area (TPSA) is 97.9 Å². The van der Waals surface area contributed by atoms with E-state index in [2.05, 4.69) is 5.10 Å². The molecule has 0 aliphatic rings. The molecule has 1 aromatic carbocycles. The Kier molecular flexibility index (Phi) is 2.72. The first-order valence-corrected chi connectivity index (χ1v) is 6.32. The van der Waals surface area contributed by atoms with Crippen molar-refractivity contribution in [2.24, 2.45) is 0 Å².